The Morgan fingerprint density at radius 1 is 1.15 bits per heavy atom. The molecule has 0 bridgehead atoms. The van der Waals surface area contributed by atoms with E-state index < -0.39 is 23.4 Å². The molecule has 0 saturated carbocycles. The van der Waals surface area contributed by atoms with E-state index in [4.69, 9.17) is 4.74 Å². The maximum Gasteiger partial charge on any atom is 0.258 e. The highest BCUT2D eigenvalue weighted by molar-refractivity contribution is 6.04. The standard InChI is InChI=1S/C19H19F3N2O2/c1-24-9-7-13(8-10-24)26-17-4-2-3-16(18(17)22)23-19(25)14-6-5-12(20)11-15(14)21/h2-6,11,13H,7-10H2,1H3,(H,23,25). The molecule has 2 aromatic carbocycles. The van der Waals surface area contributed by atoms with Gasteiger partial charge in [-0.05, 0) is 44.2 Å². The molecule has 3 rings (SSSR count). The Morgan fingerprint density at radius 3 is 2.58 bits per heavy atom. The lowest BCUT2D eigenvalue weighted by molar-refractivity contribution is 0.102. The first-order valence-electron chi connectivity index (χ1n) is 8.34. The van der Waals surface area contributed by atoms with E-state index in [0.29, 0.717) is 6.07 Å². The van der Waals surface area contributed by atoms with Crippen LogP contribution in [0.2, 0.25) is 0 Å². The smallest absolute Gasteiger partial charge is 0.258 e. The highest BCUT2D eigenvalue weighted by atomic mass is 19.1. The Bertz CT molecular complexity index is 805. The normalized spacial score (nSPS) is 15.7. The zero-order valence-electron chi connectivity index (χ0n) is 14.3. The van der Waals surface area contributed by atoms with Crippen molar-refractivity contribution in [2.24, 2.45) is 0 Å². The fourth-order valence-corrected chi connectivity index (χ4v) is 2.84. The van der Waals surface area contributed by atoms with Gasteiger partial charge in [0.1, 0.15) is 17.7 Å². The summed E-state index contributed by atoms with van der Waals surface area (Å²) in [4.78, 5) is 14.3. The molecule has 2 aromatic rings. The van der Waals surface area contributed by atoms with Crippen LogP contribution in [0.4, 0.5) is 18.9 Å². The van der Waals surface area contributed by atoms with Gasteiger partial charge in [-0.1, -0.05) is 6.07 Å². The molecule has 138 valence electrons. The maximum absolute atomic E-state index is 14.6. The minimum absolute atomic E-state index is 0.0388. The van der Waals surface area contributed by atoms with E-state index in [1.165, 1.54) is 12.1 Å². The third-order valence-electron chi connectivity index (χ3n) is 4.35. The van der Waals surface area contributed by atoms with Gasteiger partial charge in [0, 0.05) is 19.2 Å². The SMILES string of the molecule is CN1CCC(Oc2cccc(NC(=O)c3ccc(F)cc3F)c2F)CC1. The van der Waals surface area contributed by atoms with Crippen LogP contribution < -0.4 is 10.1 Å². The molecule has 0 spiro atoms. The van der Waals surface area contributed by atoms with Crippen LogP contribution >= 0.6 is 0 Å². The van der Waals surface area contributed by atoms with Crippen molar-refractivity contribution in [3.8, 4) is 5.75 Å². The monoisotopic (exact) mass is 364 g/mol. The van der Waals surface area contributed by atoms with Crippen molar-refractivity contribution in [3.05, 3.63) is 59.4 Å². The van der Waals surface area contributed by atoms with Gasteiger partial charge in [0.15, 0.2) is 11.6 Å². The van der Waals surface area contributed by atoms with Crippen molar-refractivity contribution in [1.82, 2.24) is 4.90 Å². The Hall–Kier alpha value is -2.54. The summed E-state index contributed by atoms with van der Waals surface area (Å²) in [6, 6.07) is 6.97. The second-order valence-corrected chi connectivity index (χ2v) is 6.32. The Morgan fingerprint density at radius 2 is 1.88 bits per heavy atom. The molecule has 4 nitrogen and oxygen atoms in total. The molecule has 0 radical (unpaired) electrons. The van der Waals surface area contributed by atoms with Crippen molar-refractivity contribution in [3.63, 3.8) is 0 Å². The molecule has 1 fully saturated rings. The van der Waals surface area contributed by atoms with Crippen molar-refractivity contribution in [2.45, 2.75) is 18.9 Å². The number of piperidine rings is 1. The number of nitrogens with one attached hydrogen (secondary N) is 1. The van der Waals surface area contributed by atoms with Gasteiger partial charge in [0.25, 0.3) is 5.91 Å². The van der Waals surface area contributed by atoms with E-state index in [1.807, 2.05) is 7.05 Å². The first kappa shape index (κ1) is 18.3. The molecule has 0 unspecified atom stereocenters. The number of anilines is 1. The first-order chi connectivity index (χ1) is 12.4. The largest absolute Gasteiger partial charge is 0.487 e. The summed E-state index contributed by atoms with van der Waals surface area (Å²) in [5.41, 5.74) is -0.489. The number of benzene rings is 2. The maximum atomic E-state index is 14.6. The van der Waals surface area contributed by atoms with Gasteiger partial charge >= 0.3 is 0 Å². The summed E-state index contributed by atoms with van der Waals surface area (Å²) in [6.07, 6.45) is 1.47. The molecule has 1 saturated heterocycles. The summed E-state index contributed by atoms with van der Waals surface area (Å²) >= 11 is 0. The van der Waals surface area contributed by atoms with Crippen LogP contribution in [0.15, 0.2) is 36.4 Å². The molecule has 0 aromatic heterocycles. The lowest BCUT2D eigenvalue weighted by atomic mass is 10.1. The Balaban J connectivity index is 1.73. The van der Waals surface area contributed by atoms with E-state index in [9.17, 15) is 18.0 Å². The number of nitrogens with zero attached hydrogens (tertiary/aromatic N) is 1. The summed E-state index contributed by atoms with van der Waals surface area (Å²) < 4.78 is 47.0. The zero-order valence-corrected chi connectivity index (χ0v) is 14.3. The van der Waals surface area contributed by atoms with Crippen LogP contribution in [0.1, 0.15) is 23.2 Å². The van der Waals surface area contributed by atoms with Gasteiger partial charge in [-0.25, -0.2) is 13.2 Å². The number of rotatable bonds is 4. The lowest BCUT2D eigenvalue weighted by Crippen LogP contribution is -2.35. The average molecular weight is 364 g/mol. The number of ether oxygens (including phenoxy) is 1. The van der Waals surface area contributed by atoms with Crippen LogP contribution in [0.5, 0.6) is 5.75 Å². The van der Waals surface area contributed by atoms with Crippen LogP contribution in [-0.2, 0) is 0 Å². The summed E-state index contributed by atoms with van der Waals surface area (Å²) in [5.74, 6) is -3.35. The first-order valence-corrected chi connectivity index (χ1v) is 8.34. The topological polar surface area (TPSA) is 41.6 Å². The minimum atomic E-state index is -1.01. The third kappa shape index (κ3) is 4.16. The number of carbonyl (C=O) groups is 1. The summed E-state index contributed by atoms with van der Waals surface area (Å²) in [5, 5.41) is 2.31. The molecule has 1 heterocycles. The number of likely N-dealkylation sites (tertiary alicyclic amines) is 1. The van der Waals surface area contributed by atoms with E-state index in [-0.39, 0.29) is 23.1 Å². The van der Waals surface area contributed by atoms with Crippen molar-refractivity contribution < 1.29 is 22.7 Å². The molecule has 7 heteroatoms. The molecule has 1 N–H and O–H groups in total. The zero-order chi connectivity index (χ0) is 18.7. The predicted molar refractivity (Wildman–Crippen MR) is 91.9 cm³/mol. The third-order valence-corrected chi connectivity index (χ3v) is 4.35. The summed E-state index contributed by atoms with van der Waals surface area (Å²) in [7, 11) is 2.02. The molecule has 26 heavy (non-hydrogen) atoms. The second-order valence-electron chi connectivity index (χ2n) is 6.32. The van der Waals surface area contributed by atoms with Gasteiger partial charge in [0.2, 0.25) is 0 Å². The summed E-state index contributed by atoms with van der Waals surface area (Å²) in [6.45, 7) is 1.74. The molecule has 0 aliphatic carbocycles. The fraction of sp³-hybridized carbons (Fsp3) is 0.316. The van der Waals surface area contributed by atoms with Gasteiger partial charge in [-0.2, -0.15) is 0 Å². The van der Waals surface area contributed by atoms with E-state index in [1.54, 1.807) is 6.07 Å². The van der Waals surface area contributed by atoms with Gasteiger partial charge < -0.3 is 15.0 Å². The molecule has 0 atom stereocenters. The lowest BCUT2D eigenvalue weighted by Gasteiger charge is -2.29. The molecule has 1 amide bonds. The van der Waals surface area contributed by atoms with Crippen LogP contribution in [0.25, 0.3) is 0 Å². The van der Waals surface area contributed by atoms with Gasteiger partial charge in [-0.3, -0.25) is 4.79 Å². The second kappa shape index (κ2) is 7.78. The molecule has 1 aliphatic heterocycles. The van der Waals surface area contributed by atoms with Crippen LogP contribution in [-0.4, -0.2) is 37.0 Å². The van der Waals surface area contributed by atoms with Gasteiger partial charge in [-0.15, -0.1) is 0 Å². The van der Waals surface area contributed by atoms with Crippen molar-refractivity contribution in [1.29, 1.82) is 0 Å². The predicted octanol–water partition coefficient (Wildman–Crippen LogP) is 3.83. The number of amides is 1. The number of hydrogen-bond donors (Lipinski definition) is 1. The molecule has 1 aliphatic rings. The number of hydrogen-bond acceptors (Lipinski definition) is 3. The van der Waals surface area contributed by atoms with Crippen LogP contribution in [0, 0.1) is 17.5 Å². The minimum Gasteiger partial charge on any atom is -0.487 e. The highest BCUT2D eigenvalue weighted by Crippen LogP contribution is 2.27. The van der Waals surface area contributed by atoms with E-state index in [2.05, 4.69) is 10.2 Å². The Kier molecular flexibility index (Phi) is 5.46. The Labute approximate surface area is 149 Å². The number of halogens is 3. The van der Waals surface area contributed by atoms with Crippen molar-refractivity contribution in [2.75, 3.05) is 25.5 Å². The van der Waals surface area contributed by atoms with Crippen molar-refractivity contribution >= 4 is 11.6 Å². The fourth-order valence-electron chi connectivity index (χ4n) is 2.84. The van der Waals surface area contributed by atoms with Gasteiger partial charge in [0.05, 0.1) is 11.3 Å². The highest BCUT2D eigenvalue weighted by Gasteiger charge is 2.21. The number of carbonyl (C=O) groups excluding carboxylic acids is 1. The van der Waals surface area contributed by atoms with Crippen LogP contribution in [0.3, 0.4) is 0 Å². The molecular formula is C19H19F3N2O2. The molecular weight excluding hydrogens is 345 g/mol. The average Bonchev–Trinajstić information content (AvgIpc) is 2.60. The van der Waals surface area contributed by atoms with E-state index in [0.717, 1.165) is 38.1 Å². The van der Waals surface area contributed by atoms with E-state index >= 15 is 0 Å². The quantitative estimate of drug-likeness (QED) is 0.897.